The minimum atomic E-state index is -0.516. The van der Waals surface area contributed by atoms with Crippen LogP contribution in [0.2, 0.25) is 0 Å². The molecule has 2 heterocycles. The Morgan fingerprint density at radius 3 is 2.62 bits per heavy atom. The Hall–Kier alpha value is -4.06. The van der Waals surface area contributed by atoms with Crippen molar-refractivity contribution in [2.24, 2.45) is 0 Å². The van der Waals surface area contributed by atoms with Gasteiger partial charge >= 0.3 is 6.09 Å². The molecule has 0 aliphatic carbocycles. The van der Waals surface area contributed by atoms with Gasteiger partial charge in [0.25, 0.3) is 0 Å². The summed E-state index contributed by atoms with van der Waals surface area (Å²) >= 11 is 0. The highest BCUT2D eigenvalue weighted by Crippen LogP contribution is 2.27. The van der Waals surface area contributed by atoms with Crippen LogP contribution in [-0.2, 0) is 16.1 Å². The van der Waals surface area contributed by atoms with Gasteiger partial charge in [0.05, 0.1) is 0 Å². The molecular weight excluding hydrogens is 402 g/mol. The summed E-state index contributed by atoms with van der Waals surface area (Å²) in [6.45, 7) is 0.709. The zero-order valence-electron chi connectivity index (χ0n) is 17.5. The zero-order valence-corrected chi connectivity index (χ0v) is 17.5. The van der Waals surface area contributed by atoms with Gasteiger partial charge < -0.3 is 15.0 Å². The Balaban J connectivity index is 1.23. The molecule has 2 amide bonds. The number of nitrogens with zero attached hydrogens (tertiary/aromatic N) is 1. The van der Waals surface area contributed by atoms with Crippen LogP contribution in [0, 0.1) is 0 Å². The van der Waals surface area contributed by atoms with Crippen LogP contribution in [0.3, 0.4) is 0 Å². The maximum absolute atomic E-state index is 12.8. The van der Waals surface area contributed by atoms with Crippen molar-refractivity contribution in [1.82, 2.24) is 9.88 Å². The van der Waals surface area contributed by atoms with Crippen molar-refractivity contribution < 1.29 is 14.3 Å². The largest absolute Gasteiger partial charge is 0.445 e. The molecule has 5 rings (SSSR count). The maximum Gasteiger partial charge on any atom is 0.410 e. The van der Waals surface area contributed by atoms with Crippen LogP contribution in [0.4, 0.5) is 10.5 Å². The molecule has 0 bridgehead atoms. The van der Waals surface area contributed by atoms with Crippen molar-refractivity contribution in [2.75, 3.05) is 11.9 Å². The molecule has 2 N–H and O–H groups in total. The molecule has 1 aromatic heterocycles. The number of carbonyl (C=O) groups excluding carboxylic acids is 2. The Morgan fingerprint density at radius 2 is 1.81 bits per heavy atom. The number of H-pyrrole nitrogens is 1. The van der Waals surface area contributed by atoms with Gasteiger partial charge in [-0.05, 0) is 58.8 Å². The molecular formula is C26H23N3O3. The zero-order chi connectivity index (χ0) is 21.9. The van der Waals surface area contributed by atoms with Gasteiger partial charge in [-0.15, -0.1) is 0 Å². The molecule has 6 nitrogen and oxygen atoms in total. The molecule has 1 unspecified atom stereocenters. The van der Waals surface area contributed by atoms with Crippen LogP contribution in [0.5, 0.6) is 0 Å². The minimum absolute atomic E-state index is 0.193. The predicted molar refractivity (Wildman–Crippen MR) is 124 cm³/mol. The Morgan fingerprint density at radius 1 is 0.969 bits per heavy atom. The second-order valence-electron chi connectivity index (χ2n) is 7.89. The first kappa shape index (κ1) is 19.9. The molecule has 0 radical (unpaired) electrons. The van der Waals surface area contributed by atoms with E-state index in [1.165, 1.54) is 4.90 Å². The number of hydrogen-bond acceptors (Lipinski definition) is 3. The van der Waals surface area contributed by atoms with Crippen molar-refractivity contribution in [3.8, 4) is 11.1 Å². The summed E-state index contributed by atoms with van der Waals surface area (Å²) < 4.78 is 5.37. The molecule has 3 aromatic carbocycles. The quantitative estimate of drug-likeness (QED) is 0.462. The molecule has 1 atom stereocenters. The molecule has 1 aliphatic rings. The monoisotopic (exact) mass is 425 g/mol. The summed E-state index contributed by atoms with van der Waals surface area (Å²) in [5.41, 5.74) is 4.78. The lowest BCUT2D eigenvalue weighted by atomic mass is 10.0. The molecule has 6 heteroatoms. The van der Waals surface area contributed by atoms with E-state index in [9.17, 15) is 9.59 Å². The van der Waals surface area contributed by atoms with Gasteiger partial charge in [-0.3, -0.25) is 9.69 Å². The van der Waals surface area contributed by atoms with Crippen molar-refractivity contribution in [1.29, 1.82) is 0 Å². The number of fused-ring (bicyclic) bond motifs is 1. The number of amides is 2. The normalized spacial score (nSPS) is 15.2. The SMILES string of the molecule is O=C(Nc1cccc(-c2ccc3[nH]ccc3c2)c1)C1CCN1C(=O)OCc1ccccc1. The third-order valence-electron chi connectivity index (χ3n) is 5.78. The number of carbonyl (C=O) groups is 2. The van der Waals surface area contributed by atoms with Crippen molar-refractivity contribution in [2.45, 2.75) is 19.1 Å². The number of rotatable bonds is 5. The number of aromatic amines is 1. The first-order chi connectivity index (χ1) is 15.7. The van der Waals surface area contributed by atoms with Crippen LogP contribution in [-0.4, -0.2) is 34.5 Å². The molecule has 0 saturated carbocycles. The molecule has 1 fully saturated rings. The number of hydrogen-bond donors (Lipinski definition) is 2. The average molecular weight is 425 g/mol. The highest BCUT2D eigenvalue weighted by molar-refractivity contribution is 5.98. The lowest BCUT2D eigenvalue weighted by molar-refractivity contribution is -0.124. The van der Waals surface area contributed by atoms with Crippen molar-refractivity contribution >= 4 is 28.6 Å². The minimum Gasteiger partial charge on any atom is -0.445 e. The number of nitrogens with one attached hydrogen (secondary N) is 2. The summed E-state index contributed by atoms with van der Waals surface area (Å²) in [5, 5.41) is 4.09. The van der Waals surface area contributed by atoms with E-state index in [-0.39, 0.29) is 12.5 Å². The number of ether oxygens (including phenoxy) is 1. The lowest BCUT2D eigenvalue weighted by Crippen LogP contribution is -2.56. The van der Waals surface area contributed by atoms with E-state index >= 15 is 0 Å². The van der Waals surface area contributed by atoms with Crippen LogP contribution < -0.4 is 5.32 Å². The lowest BCUT2D eigenvalue weighted by Gasteiger charge is -2.38. The fraction of sp³-hybridized carbons (Fsp3) is 0.154. The summed E-state index contributed by atoms with van der Waals surface area (Å²) in [4.78, 5) is 29.9. The molecule has 160 valence electrons. The third-order valence-corrected chi connectivity index (χ3v) is 5.78. The van der Waals surface area contributed by atoms with E-state index < -0.39 is 12.1 Å². The fourth-order valence-electron chi connectivity index (χ4n) is 3.92. The first-order valence-corrected chi connectivity index (χ1v) is 10.6. The summed E-state index contributed by atoms with van der Waals surface area (Å²) in [6.07, 6.45) is 2.07. The van der Waals surface area contributed by atoms with Crippen LogP contribution in [0.15, 0.2) is 85.1 Å². The van der Waals surface area contributed by atoms with Crippen LogP contribution >= 0.6 is 0 Å². The van der Waals surface area contributed by atoms with E-state index in [0.29, 0.717) is 18.7 Å². The fourth-order valence-corrected chi connectivity index (χ4v) is 3.92. The average Bonchev–Trinajstić information content (AvgIpc) is 3.26. The highest BCUT2D eigenvalue weighted by Gasteiger charge is 2.38. The second kappa shape index (κ2) is 8.59. The van der Waals surface area contributed by atoms with E-state index in [4.69, 9.17) is 4.74 Å². The Labute approximate surface area is 185 Å². The van der Waals surface area contributed by atoms with Gasteiger partial charge in [-0.1, -0.05) is 48.5 Å². The van der Waals surface area contributed by atoms with E-state index in [1.54, 1.807) is 0 Å². The summed E-state index contributed by atoms with van der Waals surface area (Å²) in [6, 6.07) is 25.0. The number of aromatic nitrogens is 1. The number of benzene rings is 3. The third kappa shape index (κ3) is 4.07. The van der Waals surface area contributed by atoms with Gasteiger partial charge in [-0.2, -0.15) is 0 Å². The van der Waals surface area contributed by atoms with Crippen LogP contribution in [0.25, 0.3) is 22.0 Å². The molecule has 0 spiro atoms. The molecule has 1 aliphatic heterocycles. The smallest absolute Gasteiger partial charge is 0.410 e. The predicted octanol–water partition coefficient (Wildman–Crippen LogP) is 5.18. The topological polar surface area (TPSA) is 74.4 Å². The van der Waals surface area contributed by atoms with E-state index in [1.807, 2.05) is 72.9 Å². The van der Waals surface area contributed by atoms with Gasteiger partial charge in [0.1, 0.15) is 12.6 Å². The van der Waals surface area contributed by atoms with Crippen molar-refractivity contribution in [3.05, 3.63) is 90.6 Å². The molecule has 32 heavy (non-hydrogen) atoms. The van der Waals surface area contributed by atoms with Gasteiger partial charge in [0.15, 0.2) is 0 Å². The highest BCUT2D eigenvalue weighted by atomic mass is 16.6. The van der Waals surface area contributed by atoms with Crippen molar-refractivity contribution in [3.63, 3.8) is 0 Å². The molecule has 1 saturated heterocycles. The first-order valence-electron chi connectivity index (χ1n) is 10.6. The van der Waals surface area contributed by atoms with Crippen LogP contribution in [0.1, 0.15) is 12.0 Å². The Kier molecular flexibility index (Phi) is 5.34. The standard InChI is InChI=1S/C26H23N3O3/c30-25(24-12-14-29(24)26(31)32-17-18-5-2-1-3-6-18)28-22-8-4-7-19(16-22)20-9-10-23-21(15-20)11-13-27-23/h1-11,13,15-16,24,27H,12,14,17H2,(H,28,30). The van der Waals surface area contributed by atoms with E-state index in [0.717, 1.165) is 27.6 Å². The summed E-state index contributed by atoms with van der Waals surface area (Å²) in [7, 11) is 0. The van der Waals surface area contributed by atoms with Gasteiger partial charge in [0.2, 0.25) is 5.91 Å². The molecule has 4 aromatic rings. The summed E-state index contributed by atoms with van der Waals surface area (Å²) in [5.74, 6) is -0.203. The maximum atomic E-state index is 12.8. The van der Waals surface area contributed by atoms with E-state index in [2.05, 4.69) is 22.4 Å². The Bertz CT molecular complexity index is 1270. The number of likely N-dealkylation sites (tertiary alicyclic amines) is 1. The number of anilines is 1. The second-order valence-corrected chi connectivity index (χ2v) is 7.89. The van der Waals surface area contributed by atoms with Gasteiger partial charge in [-0.25, -0.2) is 4.79 Å². The van der Waals surface area contributed by atoms with Gasteiger partial charge in [0, 0.05) is 23.9 Å².